The third-order valence-corrected chi connectivity index (χ3v) is 4.27. The van der Waals surface area contributed by atoms with Crippen molar-refractivity contribution >= 4 is 6.03 Å². The SMILES string of the molecule is Cc1cc([C@H](C)NC(=O)N2CCO[C@H](c3nncn3C)C2)c(C)o1. The largest absolute Gasteiger partial charge is 0.466 e. The van der Waals surface area contributed by atoms with E-state index in [2.05, 4.69) is 15.5 Å². The molecule has 1 aliphatic heterocycles. The van der Waals surface area contributed by atoms with Gasteiger partial charge in [0.1, 0.15) is 24.0 Å². The molecule has 0 bridgehead atoms. The Kier molecular flexibility index (Phi) is 4.57. The first kappa shape index (κ1) is 16.5. The molecule has 0 saturated carbocycles. The lowest BCUT2D eigenvalue weighted by Gasteiger charge is -2.33. The molecule has 0 unspecified atom stereocenters. The van der Waals surface area contributed by atoms with Gasteiger partial charge in [0.05, 0.1) is 19.2 Å². The van der Waals surface area contributed by atoms with E-state index in [1.165, 1.54) is 0 Å². The molecule has 0 aliphatic carbocycles. The lowest BCUT2D eigenvalue weighted by Crippen LogP contribution is -2.48. The van der Waals surface area contributed by atoms with Crippen molar-refractivity contribution in [1.82, 2.24) is 25.0 Å². The molecular weight excluding hydrogens is 310 g/mol. The maximum atomic E-state index is 12.6. The lowest BCUT2D eigenvalue weighted by atomic mass is 10.1. The fraction of sp³-hybridized carbons (Fsp3) is 0.562. The maximum absolute atomic E-state index is 12.6. The van der Waals surface area contributed by atoms with Gasteiger partial charge in [-0.25, -0.2) is 4.79 Å². The van der Waals surface area contributed by atoms with E-state index in [-0.39, 0.29) is 18.2 Å². The summed E-state index contributed by atoms with van der Waals surface area (Å²) < 4.78 is 13.1. The van der Waals surface area contributed by atoms with Crippen molar-refractivity contribution in [3.8, 4) is 0 Å². The van der Waals surface area contributed by atoms with E-state index in [4.69, 9.17) is 9.15 Å². The summed E-state index contributed by atoms with van der Waals surface area (Å²) in [6, 6.07) is 1.73. The average Bonchev–Trinajstić information content (AvgIpc) is 3.12. The molecule has 0 spiro atoms. The van der Waals surface area contributed by atoms with Crippen LogP contribution in [0, 0.1) is 13.8 Å². The fourth-order valence-electron chi connectivity index (χ4n) is 3.01. The number of nitrogens with one attached hydrogen (secondary N) is 1. The fourth-order valence-corrected chi connectivity index (χ4v) is 3.01. The first-order valence-corrected chi connectivity index (χ1v) is 8.03. The summed E-state index contributed by atoms with van der Waals surface area (Å²) in [5.41, 5.74) is 0.999. The topological polar surface area (TPSA) is 85.4 Å². The van der Waals surface area contributed by atoms with Crippen molar-refractivity contribution < 1.29 is 13.9 Å². The Balaban J connectivity index is 1.64. The van der Waals surface area contributed by atoms with Crippen LogP contribution in [0.5, 0.6) is 0 Å². The van der Waals surface area contributed by atoms with Gasteiger partial charge < -0.3 is 23.9 Å². The van der Waals surface area contributed by atoms with Gasteiger partial charge in [0, 0.05) is 19.2 Å². The third-order valence-electron chi connectivity index (χ3n) is 4.27. The van der Waals surface area contributed by atoms with E-state index in [0.29, 0.717) is 19.7 Å². The molecule has 8 heteroatoms. The summed E-state index contributed by atoms with van der Waals surface area (Å²) in [6.07, 6.45) is 1.37. The number of carbonyl (C=O) groups is 1. The zero-order valence-corrected chi connectivity index (χ0v) is 14.4. The molecule has 1 saturated heterocycles. The second kappa shape index (κ2) is 6.64. The highest BCUT2D eigenvalue weighted by molar-refractivity contribution is 5.75. The standard InChI is InChI=1S/C16H23N5O3/c1-10-7-13(12(3)24-10)11(2)18-16(22)21-5-6-23-14(8-21)15-19-17-9-20(15)4/h7,9,11,14H,5-6,8H2,1-4H3,(H,18,22)/t11-,14-/m0/s1. The van der Waals surface area contributed by atoms with Gasteiger partial charge in [-0.3, -0.25) is 0 Å². The van der Waals surface area contributed by atoms with Crippen LogP contribution in [0.2, 0.25) is 0 Å². The Morgan fingerprint density at radius 1 is 1.46 bits per heavy atom. The lowest BCUT2D eigenvalue weighted by molar-refractivity contribution is -0.0217. The number of ether oxygens (including phenoxy) is 1. The summed E-state index contributed by atoms with van der Waals surface area (Å²) >= 11 is 0. The molecule has 8 nitrogen and oxygen atoms in total. The van der Waals surface area contributed by atoms with Gasteiger partial charge in [0.15, 0.2) is 5.82 Å². The van der Waals surface area contributed by atoms with Gasteiger partial charge >= 0.3 is 6.03 Å². The number of carbonyl (C=O) groups excluding carboxylic acids is 1. The monoisotopic (exact) mass is 333 g/mol. The van der Waals surface area contributed by atoms with Gasteiger partial charge in [-0.2, -0.15) is 0 Å². The van der Waals surface area contributed by atoms with Crippen molar-refractivity contribution in [3.05, 3.63) is 35.3 Å². The first-order chi connectivity index (χ1) is 11.5. The van der Waals surface area contributed by atoms with Crippen molar-refractivity contribution in [2.24, 2.45) is 7.05 Å². The molecule has 2 aromatic rings. The second-order valence-corrected chi connectivity index (χ2v) is 6.15. The minimum absolute atomic E-state index is 0.115. The van der Waals surface area contributed by atoms with Gasteiger partial charge in [0.25, 0.3) is 0 Å². The summed E-state index contributed by atoms with van der Waals surface area (Å²) in [7, 11) is 1.86. The van der Waals surface area contributed by atoms with Crippen LogP contribution in [0.4, 0.5) is 4.79 Å². The Bertz CT molecular complexity index is 723. The number of nitrogens with zero attached hydrogens (tertiary/aromatic N) is 4. The molecule has 0 radical (unpaired) electrons. The van der Waals surface area contributed by atoms with E-state index in [9.17, 15) is 4.79 Å². The number of urea groups is 1. The summed E-state index contributed by atoms with van der Waals surface area (Å²) in [5.74, 6) is 2.40. The molecule has 2 atom stereocenters. The van der Waals surface area contributed by atoms with E-state index < -0.39 is 0 Å². The first-order valence-electron chi connectivity index (χ1n) is 8.03. The average molecular weight is 333 g/mol. The van der Waals surface area contributed by atoms with Gasteiger partial charge in [0.2, 0.25) is 0 Å². The molecule has 0 aromatic carbocycles. The minimum atomic E-state index is -0.259. The van der Waals surface area contributed by atoms with Crippen LogP contribution in [0.25, 0.3) is 0 Å². The number of rotatable bonds is 3. The third kappa shape index (κ3) is 3.28. The minimum Gasteiger partial charge on any atom is -0.466 e. The van der Waals surface area contributed by atoms with Gasteiger partial charge in [-0.15, -0.1) is 10.2 Å². The number of furan rings is 1. The smallest absolute Gasteiger partial charge is 0.318 e. The zero-order valence-electron chi connectivity index (χ0n) is 14.4. The quantitative estimate of drug-likeness (QED) is 0.927. The molecule has 1 aliphatic rings. The van der Waals surface area contributed by atoms with Crippen LogP contribution in [0.3, 0.4) is 0 Å². The summed E-state index contributed by atoms with van der Waals surface area (Å²) in [4.78, 5) is 14.3. The molecule has 2 aromatic heterocycles. The van der Waals surface area contributed by atoms with Crippen LogP contribution < -0.4 is 5.32 Å². The van der Waals surface area contributed by atoms with Gasteiger partial charge in [-0.1, -0.05) is 0 Å². The number of aryl methyl sites for hydroxylation is 3. The summed E-state index contributed by atoms with van der Waals surface area (Å²) in [6.45, 7) is 7.24. The molecule has 3 rings (SSSR count). The number of aromatic nitrogens is 3. The molecule has 1 fully saturated rings. The van der Waals surface area contributed by atoms with E-state index in [0.717, 1.165) is 22.9 Å². The Hall–Kier alpha value is -2.35. The van der Waals surface area contributed by atoms with Crippen molar-refractivity contribution in [2.75, 3.05) is 19.7 Å². The predicted octanol–water partition coefficient (Wildman–Crippen LogP) is 1.87. The maximum Gasteiger partial charge on any atom is 0.318 e. The number of morpholine rings is 1. The second-order valence-electron chi connectivity index (χ2n) is 6.15. The molecule has 130 valence electrons. The van der Waals surface area contributed by atoms with Gasteiger partial charge in [-0.05, 0) is 26.8 Å². The highest BCUT2D eigenvalue weighted by Crippen LogP contribution is 2.23. The van der Waals surface area contributed by atoms with E-state index in [1.54, 1.807) is 11.2 Å². The van der Waals surface area contributed by atoms with E-state index >= 15 is 0 Å². The molecule has 1 N–H and O–H groups in total. The molecule has 24 heavy (non-hydrogen) atoms. The Morgan fingerprint density at radius 3 is 2.88 bits per heavy atom. The normalized spacial score (nSPS) is 19.3. The number of amides is 2. The van der Waals surface area contributed by atoms with Crippen LogP contribution >= 0.6 is 0 Å². The number of hydrogen-bond donors (Lipinski definition) is 1. The highest BCUT2D eigenvalue weighted by atomic mass is 16.5. The highest BCUT2D eigenvalue weighted by Gasteiger charge is 2.29. The number of hydrogen-bond acceptors (Lipinski definition) is 5. The Labute approximate surface area is 140 Å². The van der Waals surface area contributed by atoms with Crippen LogP contribution in [0.1, 0.15) is 42.0 Å². The van der Waals surface area contributed by atoms with Crippen LogP contribution in [0.15, 0.2) is 16.8 Å². The zero-order chi connectivity index (χ0) is 17.3. The van der Waals surface area contributed by atoms with Crippen molar-refractivity contribution in [1.29, 1.82) is 0 Å². The predicted molar refractivity (Wildman–Crippen MR) is 86.4 cm³/mol. The van der Waals surface area contributed by atoms with E-state index in [1.807, 2.05) is 38.5 Å². The molecular formula is C16H23N5O3. The molecule has 3 heterocycles. The van der Waals surface area contributed by atoms with Crippen LogP contribution in [-0.2, 0) is 11.8 Å². The van der Waals surface area contributed by atoms with Crippen LogP contribution in [-0.4, -0.2) is 45.4 Å². The van der Waals surface area contributed by atoms with Crippen molar-refractivity contribution in [3.63, 3.8) is 0 Å². The summed E-state index contributed by atoms with van der Waals surface area (Å²) in [5, 5.41) is 11.0. The Morgan fingerprint density at radius 2 is 2.25 bits per heavy atom. The molecule has 2 amide bonds. The van der Waals surface area contributed by atoms with Crippen molar-refractivity contribution in [2.45, 2.75) is 32.9 Å².